The van der Waals surface area contributed by atoms with Crippen LogP contribution in [-0.4, -0.2) is 60.2 Å². The van der Waals surface area contributed by atoms with E-state index in [4.69, 9.17) is 4.74 Å². The van der Waals surface area contributed by atoms with E-state index < -0.39 is 40.8 Å². The molecule has 0 spiro atoms. The maximum Gasteiger partial charge on any atom is 0.460 e. The molecule has 1 heterocycles. The van der Waals surface area contributed by atoms with E-state index in [1.807, 2.05) is 0 Å². The smallest absolute Gasteiger partial charge is 0.378 e. The largest absolute Gasteiger partial charge is 0.460 e. The van der Waals surface area contributed by atoms with Gasteiger partial charge in [0.2, 0.25) is 5.91 Å². The predicted octanol–water partition coefficient (Wildman–Crippen LogP) is 2.37. The zero-order valence-corrected chi connectivity index (χ0v) is 10.7. The number of hydrogen-bond acceptors (Lipinski definition) is 3. The molecule has 0 aliphatic carbocycles. The third-order valence-corrected chi connectivity index (χ3v) is 3.47. The van der Waals surface area contributed by atoms with Crippen LogP contribution in [0, 0.1) is 0 Å². The molecule has 1 amide bonds. The zero-order valence-electron chi connectivity index (χ0n) is 9.85. The van der Waals surface area contributed by atoms with E-state index >= 15 is 0 Å². The van der Waals surface area contributed by atoms with Crippen molar-refractivity contribution in [3.63, 3.8) is 0 Å². The van der Waals surface area contributed by atoms with Gasteiger partial charge in [-0.15, -0.1) is 0 Å². The molecule has 0 aromatic carbocycles. The van der Waals surface area contributed by atoms with Gasteiger partial charge in [-0.3, -0.25) is 4.79 Å². The molecule has 3 nitrogen and oxygen atoms in total. The number of morpholine rings is 1. The van der Waals surface area contributed by atoms with Gasteiger partial charge in [0.1, 0.15) is 0 Å². The van der Waals surface area contributed by atoms with E-state index in [0.717, 1.165) is 4.90 Å². The van der Waals surface area contributed by atoms with E-state index in [0.29, 0.717) is 0 Å². The molecule has 0 aromatic heterocycles. The predicted molar refractivity (Wildman–Crippen MR) is 55.8 cm³/mol. The Bertz CT molecular complexity index is 355. The highest BCUT2D eigenvalue weighted by Gasteiger charge is 2.73. The van der Waals surface area contributed by atoms with Crippen molar-refractivity contribution in [2.75, 3.05) is 32.1 Å². The molecule has 1 saturated heterocycles. The van der Waals surface area contributed by atoms with Crippen LogP contribution >= 0.6 is 11.8 Å². The lowest BCUT2D eigenvalue weighted by molar-refractivity contribution is -0.330. The molecule has 0 unspecified atom stereocenters. The fourth-order valence-corrected chi connectivity index (χ4v) is 2.10. The molecule has 0 aromatic rings. The Morgan fingerprint density at radius 3 is 2.00 bits per heavy atom. The number of halogens is 7. The summed E-state index contributed by atoms with van der Waals surface area (Å²) in [7, 11) is 0. The second kappa shape index (κ2) is 5.96. The Morgan fingerprint density at radius 2 is 1.55 bits per heavy atom. The van der Waals surface area contributed by atoms with Crippen molar-refractivity contribution >= 4 is 17.7 Å². The van der Waals surface area contributed by atoms with Crippen LogP contribution in [0.15, 0.2) is 0 Å². The number of nitrogens with zero attached hydrogens (tertiary/aromatic N) is 1. The monoisotopic (exact) mass is 329 g/mol. The lowest BCUT2D eigenvalue weighted by atomic mass is 10.3. The van der Waals surface area contributed by atoms with Gasteiger partial charge in [-0.05, 0) is 0 Å². The van der Waals surface area contributed by atoms with Gasteiger partial charge in [0, 0.05) is 13.1 Å². The van der Waals surface area contributed by atoms with Crippen molar-refractivity contribution in [2.45, 2.75) is 17.4 Å². The number of alkyl halides is 7. The Kier molecular flexibility index (Phi) is 5.17. The zero-order chi connectivity index (χ0) is 15.6. The molecule has 1 aliphatic heterocycles. The highest BCUT2D eigenvalue weighted by Crippen LogP contribution is 2.51. The molecule has 1 rings (SSSR count). The van der Waals surface area contributed by atoms with E-state index in [9.17, 15) is 35.5 Å². The van der Waals surface area contributed by atoms with E-state index in [2.05, 4.69) is 0 Å². The molecule has 1 aliphatic rings. The Balaban J connectivity index is 2.60. The third kappa shape index (κ3) is 3.68. The van der Waals surface area contributed by atoms with E-state index in [1.165, 1.54) is 0 Å². The summed E-state index contributed by atoms with van der Waals surface area (Å²) in [6.07, 6.45) is -6.38. The van der Waals surface area contributed by atoms with Gasteiger partial charge in [-0.25, -0.2) is 0 Å². The van der Waals surface area contributed by atoms with Crippen molar-refractivity contribution in [1.82, 2.24) is 4.90 Å². The summed E-state index contributed by atoms with van der Waals surface area (Å²) in [6, 6.07) is 0. The number of ether oxygens (including phenoxy) is 1. The van der Waals surface area contributed by atoms with Gasteiger partial charge in [-0.1, -0.05) is 11.8 Å². The summed E-state index contributed by atoms with van der Waals surface area (Å²) in [5.41, 5.74) is 0. The first-order valence-electron chi connectivity index (χ1n) is 5.31. The van der Waals surface area contributed by atoms with E-state index in [1.54, 1.807) is 0 Å². The van der Waals surface area contributed by atoms with Gasteiger partial charge in [0.25, 0.3) is 0 Å². The Morgan fingerprint density at radius 1 is 1.05 bits per heavy atom. The Labute approximate surface area is 113 Å². The summed E-state index contributed by atoms with van der Waals surface area (Å²) in [6.45, 7) is 0.484. The molecule has 0 N–H and O–H groups in total. The minimum absolute atomic E-state index is 0.0840. The van der Waals surface area contributed by atoms with Gasteiger partial charge in [0.05, 0.1) is 19.0 Å². The molecule has 0 radical (unpaired) electrons. The molecule has 0 saturated carbocycles. The molecule has 11 heteroatoms. The van der Waals surface area contributed by atoms with Crippen LogP contribution in [0.25, 0.3) is 0 Å². The SMILES string of the molecule is O=C(CSC(F)(F)C(F)(F)C(F)(F)F)N1CCOCC1. The standard InChI is InChI=1S/C9H10F7NO2S/c10-7(11,8(12,13)14)9(15,16)20-5-6(18)17-1-3-19-4-2-17/h1-5H2. The van der Waals surface area contributed by atoms with E-state index in [-0.39, 0.29) is 26.3 Å². The first-order valence-corrected chi connectivity index (χ1v) is 6.29. The first kappa shape index (κ1) is 17.3. The van der Waals surface area contributed by atoms with Crippen LogP contribution in [0.1, 0.15) is 0 Å². The normalized spacial score (nSPS) is 18.2. The average molecular weight is 329 g/mol. The number of carbonyl (C=O) groups is 1. The topological polar surface area (TPSA) is 29.5 Å². The van der Waals surface area contributed by atoms with Crippen LogP contribution in [0.3, 0.4) is 0 Å². The molecule has 118 valence electrons. The summed E-state index contributed by atoms with van der Waals surface area (Å²) >= 11 is -1.02. The molecule has 20 heavy (non-hydrogen) atoms. The number of carbonyl (C=O) groups excluding carboxylic acids is 1. The maximum atomic E-state index is 12.9. The average Bonchev–Trinajstić information content (AvgIpc) is 2.35. The number of thioether (sulfide) groups is 1. The quantitative estimate of drug-likeness (QED) is 0.742. The minimum Gasteiger partial charge on any atom is -0.378 e. The number of rotatable bonds is 4. The van der Waals surface area contributed by atoms with Crippen LogP contribution in [0.5, 0.6) is 0 Å². The number of hydrogen-bond donors (Lipinski definition) is 0. The van der Waals surface area contributed by atoms with Gasteiger partial charge in [-0.2, -0.15) is 30.7 Å². The molecular formula is C9H10F7NO2S. The van der Waals surface area contributed by atoms with Crippen molar-refractivity contribution in [3.8, 4) is 0 Å². The summed E-state index contributed by atoms with van der Waals surface area (Å²) in [5, 5.41) is -5.41. The first-order chi connectivity index (χ1) is 8.99. The van der Waals surface area contributed by atoms with Crippen LogP contribution < -0.4 is 0 Å². The van der Waals surface area contributed by atoms with Gasteiger partial charge in [0.15, 0.2) is 0 Å². The molecule has 0 bridgehead atoms. The van der Waals surface area contributed by atoms with Crippen molar-refractivity contribution in [1.29, 1.82) is 0 Å². The second-order valence-electron chi connectivity index (χ2n) is 3.87. The van der Waals surface area contributed by atoms with Crippen molar-refractivity contribution in [2.24, 2.45) is 0 Å². The van der Waals surface area contributed by atoms with Gasteiger partial charge < -0.3 is 9.64 Å². The lowest BCUT2D eigenvalue weighted by Crippen LogP contribution is -2.51. The molecule has 0 atom stereocenters. The van der Waals surface area contributed by atoms with Crippen LogP contribution in [0.2, 0.25) is 0 Å². The summed E-state index contributed by atoms with van der Waals surface area (Å²) < 4.78 is 91.4. The van der Waals surface area contributed by atoms with Crippen LogP contribution in [-0.2, 0) is 9.53 Å². The fraction of sp³-hybridized carbons (Fsp3) is 0.889. The fourth-order valence-electron chi connectivity index (χ4n) is 1.31. The molecular weight excluding hydrogens is 319 g/mol. The lowest BCUT2D eigenvalue weighted by Gasteiger charge is -2.29. The maximum absolute atomic E-state index is 12.9. The second-order valence-corrected chi connectivity index (χ2v) is 4.96. The highest BCUT2D eigenvalue weighted by molar-refractivity contribution is 8.01. The third-order valence-electron chi connectivity index (χ3n) is 2.46. The van der Waals surface area contributed by atoms with Crippen LogP contribution in [0.4, 0.5) is 30.7 Å². The minimum atomic E-state index is -6.38. The number of amides is 1. The Hall–Kier alpha value is -0.710. The summed E-state index contributed by atoms with van der Waals surface area (Å²) in [5.74, 6) is -8.30. The van der Waals surface area contributed by atoms with Crippen molar-refractivity contribution in [3.05, 3.63) is 0 Å². The van der Waals surface area contributed by atoms with Crippen molar-refractivity contribution < 1.29 is 40.3 Å². The highest BCUT2D eigenvalue weighted by atomic mass is 32.2. The van der Waals surface area contributed by atoms with Gasteiger partial charge >= 0.3 is 17.4 Å². The summed E-state index contributed by atoms with van der Waals surface area (Å²) in [4.78, 5) is 12.5. The molecule has 1 fully saturated rings.